The zero-order chi connectivity index (χ0) is 7.28. The molecule has 1 atom stereocenters. The summed E-state index contributed by atoms with van der Waals surface area (Å²) < 4.78 is 0. The van der Waals surface area contributed by atoms with Crippen LogP contribution in [0.3, 0.4) is 0 Å². The third-order valence-corrected chi connectivity index (χ3v) is 2.62. The third-order valence-electron chi connectivity index (χ3n) is 1.34. The Bertz CT molecular complexity index is 66.0. The lowest BCUT2D eigenvalue weighted by molar-refractivity contribution is 0.553. The van der Waals surface area contributed by atoms with Gasteiger partial charge in [-0.2, -0.15) is 25.3 Å². The summed E-state index contributed by atoms with van der Waals surface area (Å²) >= 11 is 8.32. The minimum Gasteiger partial charge on any atom is -0.330 e. The Labute approximate surface area is 67.2 Å². The van der Waals surface area contributed by atoms with Crippen molar-refractivity contribution in [1.29, 1.82) is 0 Å². The molecule has 0 aliphatic rings. The van der Waals surface area contributed by atoms with Gasteiger partial charge in [-0.25, -0.2) is 0 Å². The maximum absolute atomic E-state index is 5.40. The molecule has 0 aromatic rings. The molecule has 9 heavy (non-hydrogen) atoms. The summed E-state index contributed by atoms with van der Waals surface area (Å²) in [7, 11) is 0. The smallest absolute Gasteiger partial charge is 0.0157 e. The van der Waals surface area contributed by atoms with Crippen molar-refractivity contribution in [3.8, 4) is 0 Å². The predicted molar refractivity (Wildman–Crippen MR) is 48.2 cm³/mol. The highest BCUT2D eigenvalue weighted by atomic mass is 32.1. The third kappa shape index (κ3) is 3.35. The lowest BCUT2D eigenvalue weighted by Crippen LogP contribution is -2.32. The van der Waals surface area contributed by atoms with E-state index in [2.05, 4.69) is 25.3 Å². The van der Waals surface area contributed by atoms with E-state index in [-0.39, 0.29) is 5.25 Å². The fourth-order valence-electron chi connectivity index (χ4n) is 0.559. The summed E-state index contributed by atoms with van der Waals surface area (Å²) in [4.78, 5) is 0. The molecule has 1 unspecified atom stereocenters. The van der Waals surface area contributed by atoms with Crippen LogP contribution in [0, 0.1) is 5.92 Å². The van der Waals surface area contributed by atoms with Gasteiger partial charge in [0.1, 0.15) is 0 Å². The topological polar surface area (TPSA) is 52.0 Å². The Balaban J connectivity index is 3.50. The molecule has 0 radical (unpaired) electrons. The molecule has 0 spiro atoms. The van der Waals surface area contributed by atoms with Gasteiger partial charge in [0.25, 0.3) is 0 Å². The van der Waals surface area contributed by atoms with Gasteiger partial charge < -0.3 is 11.5 Å². The molecule has 0 aliphatic carbocycles. The number of thiol groups is 2. The van der Waals surface area contributed by atoms with Crippen molar-refractivity contribution in [3.05, 3.63) is 0 Å². The predicted octanol–water partition coefficient (Wildman–Crippen LogP) is -0.252. The van der Waals surface area contributed by atoms with E-state index in [9.17, 15) is 0 Å². The first-order chi connectivity index (χ1) is 4.26. The lowest BCUT2D eigenvalue weighted by atomic mass is 10.1. The summed E-state index contributed by atoms with van der Waals surface area (Å²) in [6.07, 6.45) is 0. The van der Waals surface area contributed by atoms with Crippen LogP contribution >= 0.6 is 25.3 Å². The van der Waals surface area contributed by atoms with Gasteiger partial charge in [0.2, 0.25) is 0 Å². The number of hydrogen-bond acceptors (Lipinski definition) is 4. The van der Waals surface area contributed by atoms with Gasteiger partial charge >= 0.3 is 0 Å². The van der Waals surface area contributed by atoms with Crippen LogP contribution in [0.15, 0.2) is 0 Å². The molecule has 4 heteroatoms. The van der Waals surface area contributed by atoms with Gasteiger partial charge in [-0.1, -0.05) is 0 Å². The van der Waals surface area contributed by atoms with E-state index in [0.717, 1.165) is 5.75 Å². The molecule has 4 N–H and O–H groups in total. The van der Waals surface area contributed by atoms with Crippen LogP contribution in [0.5, 0.6) is 0 Å². The quantitative estimate of drug-likeness (QED) is 0.435. The molecule has 0 aromatic carbocycles. The molecule has 0 heterocycles. The summed E-state index contributed by atoms with van der Waals surface area (Å²) in [5.41, 5.74) is 10.8. The van der Waals surface area contributed by atoms with E-state index in [1.807, 2.05) is 0 Å². The van der Waals surface area contributed by atoms with Crippen LogP contribution in [0.4, 0.5) is 0 Å². The largest absolute Gasteiger partial charge is 0.330 e. The molecule has 0 bridgehead atoms. The zero-order valence-electron chi connectivity index (χ0n) is 5.33. The molecule has 56 valence electrons. The number of rotatable bonds is 4. The molecule has 0 saturated carbocycles. The fourth-order valence-corrected chi connectivity index (χ4v) is 1.10. The molecular formula is C5H14N2S2. The van der Waals surface area contributed by atoms with E-state index in [4.69, 9.17) is 11.5 Å². The summed E-state index contributed by atoms with van der Waals surface area (Å²) in [6, 6.07) is 0. The standard InChI is InChI=1S/C5H14N2S2/c6-1-4(2-7)5(9)3-8/h4-5,8-9H,1-3,6-7H2. The molecule has 0 saturated heterocycles. The minimum atomic E-state index is 0.239. The van der Waals surface area contributed by atoms with Gasteiger partial charge in [0.15, 0.2) is 0 Å². The Kier molecular flexibility index (Phi) is 5.78. The van der Waals surface area contributed by atoms with Crippen LogP contribution in [0.25, 0.3) is 0 Å². The van der Waals surface area contributed by atoms with Crippen molar-refractivity contribution in [1.82, 2.24) is 0 Å². The van der Waals surface area contributed by atoms with Crippen molar-refractivity contribution in [2.75, 3.05) is 18.8 Å². The van der Waals surface area contributed by atoms with Crippen LogP contribution in [-0.4, -0.2) is 24.1 Å². The fraction of sp³-hybridized carbons (Fsp3) is 1.00. The van der Waals surface area contributed by atoms with Crippen LogP contribution in [0.1, 0.15) is 0 Å². The van der Waals surface area contributed by atoms with Crippen molar-refractivity contribution in [2.45, 2.75) is 5.25 Å². The summed E-state index contributed by atoms with van der Waals surface area (Å²) in [5, 5.41) is 0.239. The molecule has 2 nitrogen and oxygen atoms in total. The normalized spacial score (nSPS) is 14.3. The van der Waals surface area contributed by atoms with E-state index < -0.39 is 0 Å². The molecule has 0 rings (SSSR count). The second-order valence-electron chi connectivity index (χ2n) is 1.98. The number of nitrogens with two attached hydrogens (primary N) is 2. The van der Waals surface area contributed by atoms with Gasteiger partial charge in [0, 0.05) is 11.0 Å². The highest BCUT2D eigenvalue weighted by Gasteiger charge is 2.12. The molecular weight excluding hydrogens is 152 g/mol. The average Bonchev–Trinajstić information content (AvgIpc) is 1.90. The van der Waals surface area contributed by atoms with E-state index >= 15 is 0 Å². The van der Waals surface area contributed by atoms with Crippen LogP contribution in [0.2, 0.25) is 0 Å². The maximum atomic E-state index is 5.40. The Morgan fingerprint density at radius 3 is 1.78 bits per heavy atom. The SMILES string of the molecule is NCC(CN)C(S)CS. The second kappa shape index (κ2) is 5.41. The summed E-state index contributed by atoms with van der Waals surface area (Å²) in [6.45, 7) is 1.20. The van der Waals surface area contributed by atoms with Crippen molar-refractivity contribution in [3.63, 3.8) is 0 Å². The van der Waals surface area contributed by atoms with Crippen molar-refractivity contribution in [2.24, 2.45) is 17.4 Å². The van der Waals surface area contributed by atoms with Gasteiger partial charge in [-0.05, 0) is 19.0 Å². The van der Waals surface area contributed by atoms with E-state index in [1.54, 1.807) is 0 Å². The average molecular weight is 166 g/mol. The minimum absolute atomic E-state index is 0.239. The highest BCUT2D eigenvalue weighted by molar-refractivity contribution is 7.84. The van der Waals surface area contributed by atoms with Gasteiger partial charge in [-0.3, -0.25) is 0 Å². The zero-order valence-corrected chi connectivity index (χ0v) is 7.11. The Morgan fingerprint density at radius 1 is 1.22 bits per heavy atom. The van der Waals surface area contributed by atoms with Crippen molar-refractivity contribution < 1.29 is 0 Å². The second-order valence-corrected chi connectivity index (χ2v) is 3.01. The Morgan fingerprint density at radius 2 is 1.67 bits per heavy atom. The molecule has 0 fully saturated rings. The van der Waals surface area contributed by atoms with Gasteiger partial charge in [0.05, 0.1) is 0 Å². The summed E-state index contributed by atoms with van der Waals surface area (Å²) in [5.74, 6) is 1.05. The number of hydrogen-bond donors (Lipinski definition) is 4. The molecule has 0 aliphatic heterocycles. The van der Waals surface area contributed by atoms with E-state index in [1.165, 1.54) is 0 Å². The monoisotopic (exact) mass is 166 g/mol. The van der Waals surface area contributed by atoms with Crippen molar-refractivity contribution >= 4 is 25.3 Å². The first kappa shape index (κ1) is 9.62. The Hall–Kier alpha value is 0.620. The lowest BCUT2D eigenvalue weighted by Gasteiger charge is -2.17. The van der Waals surface area contributed by atoms with Crippen LogP contribution in [-0.2, 0) is 0 Å². The molecule has 0 amide bonds. The first-order valence-corrected chi connectivity index (χ1v) is 4.10. The van der Waals surface area contributed by atoms with E-state index in [0.29, 0.717) is 19.0 Å². The van der Waals surface area contributed by atoms with Crippen LogP contribution < -0.4 is 11.5 Å². The first-order valence-electron chi connectivity index (χ1n) is 2.95. The molecule has 0 aromatic heterocycles. The van der Waals surface area contributed by atoms with Gasteiger partial charge in [-0.15, -0.1) is 0 Å². The maximum Gasteiger partial charge on any atom is 0.0157 e. The highest BCUT2D eigenvalue weighted by Crippen LogP contribution is 2.08.